The lowest BCUT2D eigenvalue weighted by Crippen LogP contribution is -2.44. The fourth-order valence-electron chi connectivity index (χ4n) is 5.50. The maximum Gasteiger partial charge on any atom is 0.225 e. The Kier molecular flexibility index (Phi) is 6.54. The second-order valence-corrected chi connectivity index (χ2v) is 9.51. The largest absolute Gasteiger partial charge is 0.493 e. The summed E-state index contributed by atoms with van der Waals surface area (Å²) in [6.45, 7) is 8.06. The molecule has 2 aliphatic heterocycles. The Balaban J connectivity index is 1.34. The van der Waals surface area contributed by atoms with Gasteiger partial charge < -0.3 is 24.4 Å². The topological polar surface area (TPSA) is 62.2 Å². The van der Waals surface area contributed by atoms with Crippen molar-refractivity contribution in [3.05, 3.63) is 24.3 Å². The van der Waals surface area contributed by atoms with E-state index in [4.69, 9.17) is 9.47 Å². The first-order valence-corrected chi connectivity index (χ1v) is 11.5. The van der Waals surface area contributed by atoms with Crippen LogP contribution in [0.25, 0.3) is 0 Å². The number of aliphatic hydroxyl groups excluding tert-OH is 1. The first-order chi connectivity index (χ1) is 14.5. The van der Waals surface area contributed by atoms with Gasteiger partial charge in [-0.25, -0.2) is 0 Å². The number of aliphatic hydroxyl groups is 1. The van der Waals surface area contributed by atoms with Crippen LogP contribution in [0.4, 0.5) is 0 Å². The molecule has 1 aromatic rings. The van der Waals surface area contributed by atoms with Gasteiger partial charge >= 0.3 is 0 Å². The molecule has 0 bridgehead atoms. The second kappa shape index (κ2) is 9.15. The summed E-state index contributed by atoms with van der Waals surface area (Å²) in [5.41, 5.74) is 0. The number of para-hydroxylation sites is 2. The zero-order valence-electron chi connectivity index (χ0n) is 18.5. The summed E-state index contributed by atoms with van der Waals surface area (Å²) in [5.74, 6) is 2.60. The van der Waals surface area contributed by atoms with Gasteiger partial charge in [-0.1, -0.05) is 12.1 Å². The maximum absolute atomic E-state index is 13.2. The van der Waals surface area contributed by atoms with E-state index in [2.05, 4.69) is 23.6 Å². The molecule has 1 N–H and O–H groups in total. The first kappa shape index (κ1) is 21.4. The van der Waals surface area contributed by atoms with Crippen LogP contribution in [-0.2, 0) is 4.79 Å². The summed E-state index contributed by atoms with van der Waals surface area (Å²) in [6, 6.07) is 8.12. The van der Waals surface area contributed by atoms with Gasteiger partial charge in [0, 0.05) is 25.0 Å². The molecule has 0 aromatic heterocycles. The van der Waals surface area contributed by atoms with Crippen molar-refractivity contribution in [2.24, 2.45) is 17.8 Å². The Morgan fingerprint density at radius 1 is 1.07 bits per heavy atom. The molecule has 4 rings (SSSR count). The normalized spacial score (nSPS) is 30.4. The average molecular weight is 417 g/mol. The number of fused-ring (bicyclic) bond motifs is 1. The van der Waals surface area contributed by atoms with Crippen LogP contribution in [0.2, 0.25) is 0 Å². The van der Waals surface area contributed by atoms with Crippen LogP contribution < -0.4 is 9.47 Å². The van der Waals surface area contributed by atoms with Crippen LogP contribution in [0.3, 0.4) is 0 Å². The molecule has 4 atom stereocenters. The van der Waals surface area contributed by atoms with Crippen molar-refractivity contribution < 1.29 is 19.4 Å². The van der Waals surface area contributed by atoms with Crippen LogP contribution >= 0.6 is 0 Å². The molecule has 6 heteroatoms. The number of carbonyl (C=O) groups is 1. The van der Waals surface area contributed by atoms with E-state index in [-0.39, 0.29) is 12.0 Å². The number of nitrogens with zero attached hydrogens (tertiary/aromatic N) is 2. The van der Waals surface area contributed by atoms with Gasteiger partial charge in [0.1, 0.15) is 6.10 Å². The minimum absolute atomic E-state index is 0.158. The summed E-state index contributed by atoms with van der Waals surface area (Å²) in [6.07, 6.45) is 2.63. The van der Waals surface area contributed by atoms with Gasteiger partial charge in [-0.3, -0.25) is 4.79 Å². The van der Waals surface area contributed by atoms with E-state index in [1.165, 1.54) is 0 Å². The highest BCUT2D eigenvalue weighted by atomic mass is 16.5. The van der Waals surface area contributed by atoms with Gasteiger partial charge in [0.25, 0.3) is 0 Å². The van der Waals surface area contributed by atoms with Crippen LogP contribution in [0.5, 0.6) is 11.5 Å². The highest BCUT2D eigenvalue weighted by Gasteiger charge is 2.45. The monoisotopic (exact) mass is 416 g/mol. The second-order valence-electron chi connectivity index (χ2n) is 9.51. The van der Waals surface area contributed by atoms with E-state index in [1.54, 1.807) is 7.11 Å². The molecule has 0 unspecified atom stereocenters. The number of benzene rings is 1. The number of likely N-dealkylation sites (tertiary alicyclic amines) is 2. The Hall–Kier alpha value is -1.79. The van der Waals surface area contributed by atoms with Crippen molar-refractivity contribution in [2.45, 2.75) is 57.8 Å². The quantitative estimate of drug-likeness (QED) is 0.800. The molecule has 3 aliphatic rings. The Morgan fingerprint density at radius 3 is 2.33 bits per heavy atom. The molecule has 30 heavy (non-hydrogen) atoms. The van der Waals surface area contributed by atoms with E-state index in [0.29, 0.717) is 41.7 Å². The third-order valence-corrected chi connectivity index (χ3v) is 7.35. The average Bonchev–Trinajstić information content (AvgIpc) is 3.16. The summed E-state index contributed by atoms with van der Waals surface area (Å²) in [7, 11) is 1.63. The number of rotatable bonds is 5. The molecule has 1 aromatic carbocycles. The van der Waals surface area contributed by atoms with E-state index >= 15 is 0 Å². The van der Waals surface area contributed by atoms with Gasteiger partial charge in [0.15, 0.2) is 11.5 Å². The summed E-state index contributed by atoms with van der Waals surface area (Å²) in [5, 5.41) is 10.7. The van der Waals surface area contributed by atoms with Crippen LogP contribution in [-0.4, -0.2) is 72.4 Å². The fraction of sp³-hybridized carbons (Fsp3) is 0.708. The van der Waals surface area contributed by atoms with Gasteiger partial charge in [0.2, 0.25) is 5.91 Å². The van der Waals surface area contributed by atoms with Crippen LogP contribution in [0, 0.1) is 17.8 Å². The first-order valence-electron chi connectivity index (χ1n) is 11.5. The van der Waals surface area contributed by atoms with Crippen molar-refractivity contribution >= 4 is 5.91 Å². The molecule has 0 spiro atoms. The number of piperidine rings is 1. The molecule has 2 saturated heterocycles. The van der Waals surface area contributed by atoms with Gasteiger partial charge in [-0.2, -0.15) is 0 Å². The number of hydrogen-bond donors (Lipinski definition) is 1. The molecular formula is C24H36N2O4. The van der Waals surface area contributed by atoms with Crippen LogP contribution in [0.1, 0.15) is 39.5 Å². The molecular weight excluding hydrogens is 380 g/mol. The predicted molar refractivity (Wildman–Crippen MR) is 116 cm³/mol. The lowest BCUT2D eigenvalue weighted by Gasteiger charge is -2.35. The zero-order valence-corrected chi connectivity index (χ0v) is 18.5. The Morgan fingerprint density at radius 2 is 1.70 bits per heavy atom. The van der Waals surface area contributed by atoms with E-state index in [0.717, 1.165) is 45.4 Å². The van der Waals surface area contributed by atoms with Gasteiger partial charge in [-0.15, -0.1) is 0 Å². The van der Waals surface area contributed by atoms with E-state index < -0.39 is 6.10 Å². The third kappa shape index (κ3) is 4.45. The standard InChI is InChI=1S/C24H36N2O4/c1-16(2)25-10-8-17(9-11-25)24(28)26-14-18-12-20(27)23(13-19(18)15-26)30-22-7-5-4-6-21(22)29-3/h4-7,16-20,23,27H,8-15H2,1-3H3/t18-,19+,20+,23+/m0/s1. The van der Waals surface area contributed by atoms with Gasteiger partial charge in [-0.05, 0) is 76.6 Å². The fourth-order valence-corrected chi connectivity index (χ4v) is 5.50. The summed E-state index contributed by atoms with van der Waals surface area (Å²) < 4.78 is 11.5. The molecule has 1 amide bonds. The highest BCUT2D eigenvalue weighted by molar-refractivity contribution is 5.79. The zero-order chi connectivity index (χ0) is 21.3. The number of ether oxygens (including phenoxy) is 2. The molecule has 3 fully saturated rings. The highest BCUT2D eigenvalue weighted by Crippen LogP contribution is 2.40. The van der Waals surface area contributed by atoms with E-state index in [9.17, 15) is 9.90 Å². The van der Waals surface area contributed by atoms with Crippen LogP contribution in [0.15, 0.2) is 24.3 Å². The van der Waals surface area contributed by atoms with Crippen molar-refractivity contribution in [1.29, 1.82) is 0 Å². The Bertz CT molecular complexity index is 732. The Labute approximate surface area is 180 Å². The molecule has 1 aliphatic carbocycles. The maximum atomic E-state index is 13.2. The molecule has 1 saturated carbocycles. The number of hydrogen-bond acceptors (Lipinski definition) is 5. The lowest BCUT2D eigenvalue weighted by molar-refractivity contribution is -0.136. The SMILES string of the molecule is COc1ccccc1O[C@@H]1C[C@@H]2CN(C(=O)C3CCN(C(C)C)CC3)C[C@@H]2C[C@H]1O. The van der Waals surface area contributed by atoms with Crippen molar-refractivity contribution in [3.63, 3.8) is 0 Å². The predicted octanol–water partition coefficient (Wildman–Crippen LogP) is 2.79. The number of carbonyl (C=O) groups excluding carboxylic acids is 1. The molecule has 6 nitrogen and oxygen atoms in total. The summed E-state index contributed by atoms with van der Waals surface area (Å²) in [4.78, 5) is 17.7. The number of methoxy groups -OCH3 is 1. The molecule has 0 radical (unpaired) electrons. The lowest BCUT2D eigenvalue weighted by atomic mass is 9.78. The van der Waals surface area contributed by atoms with Crippen molar-refractivity contribution in [3.8, 4) is 11.5 Å². The number of amides is 1. The third-order valence-electron chi connectivity index (χ3n) is 7.35. The summed E-state index contributed by atoms with van der Waals surface area (Å²) >= 11 is 0. The van der Waals surface area contributed by atoms with Crippen molar-refractivity contribution in [1.82, 2.24) is 9.80 Å². The van der Waals surface area contributed by atoms with Gasteiger partial charge in [0.05, 0.1) is 13.2 Å². The van der Waals surface area contributed by atoms with Crippen molar-refractivity contribution in [2.75, 3.05) is 33.3 Å². The smallest absolute Gasteiger partial charge is 0.225 e. The minimum Gasteiger partial charge on any atom is -0.493 e. The minimum atomic E-state index is -0.513. The van der Waals surface area contributed by atoms with E-state index in [1.807, 2.05) is 24.3 Å². The molecule has 166 valence electrons. The molecule has 2 heterocycles.